The predicted octanol–water partition coefficient (Wildman–Crippen LogP) is 2.57. The second-order valence-electron chi connectivity index (χ2n) is 10.1. The molecule has 0 amide bonds. The molecule has 7 nitrogen and oxygen atoms in total. The second-order valence-corrected chi connectivity index (χ2v) is 10.1. The summed E-state index contributed by atoms with van der Waals surface area (Å²) in [4.78, 5) is 8.13. The van der Waals surface area contributed by atoms with E-state index < -0.39 is 6.29 Å². The fourth-order valence-electron chi connectivity index (χ4n) is 6.17. The van der Waals surface area contributed by atoms with Crippen molar-refractivity contribution in [1.82, 2.24) is 10.4 Å². The summed E-state index contributed by atoms with van der Waals surface area (Å²) in [6, 6.07) is 0.262. The van der Waals surface area contributed by atoms with Gasteiger partial charge in [0.25, 0.3) is 0 Å². The fraction of sp³-hybridized carbons (Fsp3) is 0.760. The van der Waals surface area contributed by atoms with E-state index in [1.807, 2.05) is 6.08 Å². The summed E-state index contributed by atoms with van der Waals surface area (Å²) in [6.45, 7) is 3.97. The predicted molar refractivity (Wildman–Crippen MR) is 120 cm³/mol. The third-order valence-corrected chi connectivity index (χ3v) is 8.03. The number of halogens is 1. The summed E-state index contributed by atoms with van der Waals surface area (Å²) in [5.74, 6) is 1.42. The van der Waals surface area contributed by atoms with Crippen molar-refractivity contribution < 1.29 is 28.9 Å². The third kappa shape index (κ3) is 5.36. The molecule has 0 radical (unpaired) electrons. The molecule has 5 rings (SSSR count). The number of fused-ring (bicyclic) bond motifs is 1. The Bertz CT molecular complexity index is 779. The van der Waals surface area contributed by atoms with E-state index in [1.54, 1.807) is 12.2 Å². The van der Waals surface area contributed by atoms with Gasteiger partial charge in [0, 0.05) is 50.5 Å². The molecule has 6 atom stereocenters. The molecule has 2 saturated heterocycles. The zero-order valence-electron chi connectivity index (χ0n) is 19.2. The molecule has 2 fully saturated rings. The SMILES string of the molecule is OCC1CC(O)OC2=C1CCC(OCCCN1CCC(C3NOC4C=C(F)C=CC43)CC1)C2. The average Bonchev–Trinajstić information content (AvgIpc) is 3.24. The van der Waals surface area contributed by atoms with Gasteiger partial charge in [0.2, 0.25) is 0 Å². The minimum atomic E-state index is -0.814. The van der Waals surface area contributed by atoms with Gasteiger partial charge in [-0.1, -0.05) is 6.08 Å². The molecule has 0 aromatic heterocycles. The Morgan fingerprint density at radius 1 is 1.24 bits per heavy atom. The molecule has 0 spiro atoms. The van der Waals surface area contributed by atoms with Crippen molar-refractivity contribution in [1.29, 1.82) is 0 Å². The lowest BCUT2D eigenvalue weighted by atomic mass is 9.79. The van der Waals surface area contributed by atoms with Gasteiger partial charge in [-0.05, 0) is 68.8 Å². The first-order valence-corrected chi connectivity index (χ1v) is 12.6. The van der Waals surface area contributed by atoms with Crippen LogP contribution >= 0.6 is 0 Å². The van der Waals surface area contributed by atoms with Gasteiger partial charge in [-0.3, -0.25) is 4.84 Å². The normalized spacial score (nSPS) is 37.5. The molecule has 3 aliphatic heterocycles. The summed E-state index contributed by atoms with van der Waals surface area (Å²) >= 11 is 0. The number of piperidine rings is 1. The molecule has 2 aliphatic carbocycles. The Morgan fingerprint density at radius 2 is 2.09 bits per heavy atom. The standard InChI is InChI=1S/C25H37FN2O5/c26-18-2-4-21-23(13-18)33-27-25(21)16-6-9-28(10-7-16)8-1-11-31-19-3-5-20-17(15-29)12-24(30)32-22(20)14-19/h2,4,13,16-17,19,21,23-25,27,29-30H,1,3,5-12,14-15H2. The lowest BCUT2D eigenvalue weighted by Crippen LogP contribution is -2.43. The van der Waals surface area contributed by atoms with Crippen LogP contribution < -0.4 is 5.48 Å². The van der Waals surface area contributed by atoms with Gasteiger partial charge in [-0.2, -0.15) is 5.48 Å². The van der Waals surface area contributed by atoms with E-state index in [-0.39, 0.29) is 42.5 Å². The van der Waals surface area contributed by atoms with Crippen molar-refractivity contribution in [3.05, 3.63) is 35.4 Å². The van der Waals surface area contributed by atoms with E-state index in [9.17, 15) is 14.6 Å². The zero-order valence-corrected chi connectivity index (χ0v) is 19.2. The number of allylic oxidation sites excluding steroid dienone is 2. The number of ether oxygens (including phenoxy) is 2. The van der Waals surface area contributed by atoms with Gasteiger partial charge < -0.3 is 24.6 Å². The molecule has 5 aliphatic rings. The Kier molecular flexibility index (Phi) is 7.49. The summed E-state index contributed by atoms with van der Waals surface area (Å²) in [5, 5.41) is 19.5. The average molecular weight is 465 g/mol. The molecule has 3 heterocycles. The van der Waals surface area contributed by atoms with Crippen molar-refractivity contribution in [3.63, 3.8) is 0 Å². The highest BCUT2D eigenvalue weighted by molar-refractivity contribution is 5.24. The highest BCUT2D eigenvalue weighted by Gasteiger charge is 2.41. The van der Waals surface area contributed by atoms with Gasteiger partial charge in [-0.25, -0.2) is 4.39 Å². The lowest BCUT2D eigenvalue weighted by molar-refractivity contribution is -0.107. The number of aliphatic hydroxyl groups is 2. The van der Waals surface area contributed by atoms with Crippen LogP contribution in [0.4, 0.5) is 4.39 Å². The number of nitrogens with zero attached hydrogens (tertiary/aromatic N) is 1. The monoisotopic (exact) mass is 464 g/mol. The van der Waals surface area contributed by atoms with E-state index >= 15 is 0 Å². The molecular formula is C25H37FN2O5. The van der Waals surface area contributed by atoms with E-state index in [0.717, 1.165) is 64.1 Å². The first kappa shape index (κ1) is 23.5. The molecule has 33 heavy (non-hydrogen) atoms. The van der Waals surface area contributed by atoms with Crippen molar-refractivity contribution in [2.75, 3.05) is 32.8 Å². The first-order chi connectivity index (χ1) is 16.1. The number of hydrogen-bond donors (Lipinski definition) is 3. The topological polar surface area (TPSA) is 83.4 Å². The molecule has 0 aromatic carbocycles. The Morgan fingerprint density at radius 3 is 2.91 bits per heavy atom. The van der Waals surface area contributed by atoms with Crippen molar-refractivity contribution in [3.8, 4) is 0 Å². The van der Waals surface area contributed by atoms with Crippen LogP contribution in [0.15, 0.2) is 35.4 Å². The van der Waals surface area contributed by atoms with E-state index in [2.05, 4.69) is 10.4 Å². The largest absolute Gasteiger partial charge is 0.469 e. The maximum Gasteiger partial charge on any atom is 0.197 e. The minimum Gasteiger partial charge on any atom is -0.469 e. The van der Waals surface area contributed by atoms with E-state index in [1.165, 1.54) is 5.57 Å². The number of nitrogens with one attached hydrogen (secondary N) is 1. The van der Waals surface area contributed by atoms with Crippen LogP contribution in [-0.4, -0.2) is 72.5 Å². The number of aliphatic hydroxyl groups excluding tert-OH is 2. The first-order valence-electron chi connectivity index (χ1n) is 12.6. The highest BCUT2D eigenvalue weighted by atomic mass is 19.1. The van der Waals surface area contributed by atoms with Gasteiger partial charge in [-0.15, -0.1) is 0 Å². The molecule has 0 saturated carbocycles. The Labute approximate surface area is 195 Å². The Hall–Kier alpha value is -1.29. The lowest BCUT2D eigenvalue weighted by Gasteiger charge is -2.37. The van der Waals surface area contributed by atoms with Crippen LogP contribution in [0, 0.1) is 17.8 Å². The minimum absolute atomic E-state index is 0.0243. The Balaban J connectivity index is 0.999. The molecule has 6 unspecified atom stereocenters. The van der Waals surface area contributed by atoms with Crippen LogP contribution in [0.5, 0.6) is 0 Å². The van der Waals surface area contributed by atoms with Crippen LogP contribution in [0.25, 0.3) is 0 Å². The van der Waals surface area contributed by atoms with Crippen molar-refractivity contribution >= 4 is 0 Å². The van der Waals surface area contributed by atoms with Gasteiger partial charge in [0.15, 0.2) is 6.29 Å². The summed E-state index contributed by atoms with van der Waals surface area (Å²) in [6.07, 6.45) is 10.5. The quantitative estimate of drug-likeness (QED) is 0.500. The molecule has 3 N–H and O–H groups in total. The maximum atomic E-state index is 13.5. The fourth-order valence-corrected chi connectivity index (χ4v) is 6.17. The molecule has 184 valence electrons. The summed E-state index contributed by atoms with van der Waals surface area (Å²) in [5.41, 5.74) is 4.35. The van der Waals surface area contributed by atoms with Crippen LogP contribution in [0.2, 0.25) is 0 Å². The van der Waals surface area contributed by atoms with Crippen LogP contribution in [0.1, 0.15) is 44.9 Å². The number of hydroxylamine groups is 1. The second kappa shape index (κ2) is 10.5. The van der Waals surface area contributed by atoms with Crippen LogP contribution in [0.3, 0.4) is 0 Å². The molecule has 0 aromatic rings. The molecule has 8 heteroatoms. The number of rotatable bonds is 7. The summed E-state index contributed by atoms with van der Waals surface area (Å²) < 4.78 is 25.2. The van der Waals surface area contributed by atoms with E-state index in [0.29, 0.717) is 18.8 Å². The van der Waals surface area contributed by atoms with Crippen molar-refractivity contribution in [2.24, 2.45) is 17.8 Å². The van der Waals surface area contributed by atoms with E-state index in [4.69, 9.17) is 14.3 Å². The van der Waals surface area contributed by atoms with Gasteiger partial charge in [0.1, 0.15) is 17.7 Å². The molecular weight excluding hydrogens is 427 g/mol. The van der Waals surface area contributed by atoms with Gasteiger partial charge >= 0.3 is 0 Å². The third-order valence-electron chi connectivity index (χ3n) is 8.03. The summed E-state index contributed by atoms with van der Waals surface area (Å²) in [7, 11) is 0. The number of likely N-dealkylation sites (tertiary alicyclic amines) is 1. The van der Waals surface area contributed by atoms with Gasteiger partial charge in [0.05, 0.1) is 6.10 Å². The highest BCUT2D eigenvalue weighted by Crippen LogP contribution is 2.39. The molecule has 0 bridgehead atoms. The van der Waals surface area contributed by atoms with Crippen LogP contribution in [-0.2, 0) is 14.3 Å². The smallest absolute Gasteiger partial charge is 0.197 e. The number of hydrogen-bond acceptors (Lipinski definition) is 7. The zero-order chi connectivity index (χ0) is 22.8. The van der Waals surface area contributed by atoms with Crippen molar-refractivity contribution in [2.45, 2.75) is 69.5 Å². The maximum absolute atomic E-state index is 13.5.